The molecule has 0 aliphatic rings. The van der Waals surface area contributed by atoms with Gasteiger partial charge in [-0.3, -0.25) is 0 Å². The molecular weight excluding hydrogens is 196 g/mol. The Labute approximate surface area is 76.6 Å². The molecule has 0 N–H and O–H groups in total. The summed E-state index contributed by atoms with van der Waals surface area (Å²) in [6, 6.07) is 4.81. The maximum absolute atomic E-state index is 10.9. The Morgan fingerprint density at radius 2 is 1.75 bits per heavy atom. The van der Waals surface area contributed by atoms with Crippen LogP contribution in [-0.2, 0) is 9.05 Å². The summed E-state index contributed by atoms with van der Waals surface area (Å²) in [5.41, 5.74) is 1.98. The summed E-state index contributed by atoms with van der Waals surface area (Å²) in [5, 5.41) is 0. The summed E-state index contributed by atoms with van der Waals surface area (Å²) in [4.78, 5) is 0.160. The number of hydrogen-bond acceptors (Lipinski definition) is 2. The van der Waals surface area contributed by atoms with E-state index in [2.05, 4.69) is 0 Å². The predicted octanol–water partition coefficient (Wildman–Crippen LogP) is 2.23. The van der Waals surface area contributed by atoms with Gasteiger partial charge in [0.25, 0.3) is 9.05 Å². The van der Waals surface area contributed by atoms with E-state index < -0.39 is 9.05 Å². The van der Waals surface area contributed by atoms with Gasteiger partial charge >= 0.3 is 0 Å². The van der Waals surface area contributed by atoms with Crippen molar-refractivity contribution in [1.29, 1.82) is 0 Å². The fraction of sp³-hybridized carbons (Fsp3) is 0.250. The van der Waals surface area contributed by atoms with Crippen LogP contribution in [0.15, 0.2) is 23.1 Å². The number of benzene rings is 1. The van der Waals surface area contributed by atoms with Crippen LogP contribution in [0.3, 0.4) is 0 Å². The van der Waals surface area contributed by atoms with Crippen LogP contribution in [0.4, 0.5) is 0 Å². The van der Waals surface area contributed by atoms with E-state index in [9.17, 15) is 8.42 Å². The molecule has 0 amide bonds. The van der Waals surface area contributed by atoms with Crippen molar-refractivity contribution in [3.8, 4) is 0 Å². The molecule has 1 aromatic rings. The zero-order valence-electron chi connectivity index (χ0n) is 6.83. The molecule has 1 aromatic carbocycles. The molecule has 66 valence electrons. The minimum atomic E-state index is -3.57. The SMILES string of the molecule is Cc1ccc(S(=O)(=O)Cl)cc1C. The quantitative estimate of drug-likeness (QED) is 0.658. The van der Waals surface area contributed by atoms with Crippen LogP contribution in [0, 0.1) is 13.8 Å². The molecule has 0 fully saturated rings. The lowest BCUT2D eigenvalue weighted by molar-refractivity contribution is 0.609. The first kappa shape index (κ1) is 9.55. The summed E-state index contributed by atoms with van der Waals surface area (Å²) >= 11 is 0. The fourth-order valence-corrected chi connectivity index (χ4v) is 1.70. The highest BCUT2D eigenvalue weighted by atomic mass is 35.7. The van der Waals surface area contributed by atoms with E-state index in [0.29, 0.717) is 0 Å². The third-order valence-corrected chi connectivity index (χ3v) is 3.11. The molecule has 0 aromatic heterocycles. The monoisotopic (exact) mass is 204 g/mol. The standard InChI is InChI=1S/C8H9ClO2S/c1-6-3-4-8(5-7(6)2)12(9,10)11/h3-5H,1-2H3. The van der Waals surface area contributed by atoms with Gasteiger partial charge in [-0.1, -0.05) is 6.07 Å². The topological polar surface area (TPSA) is 34.1 Å². The van der Waals surface area contributed by atoms with Gasteiger partial charge in [0.2, 0.25) is 0 Å². The lowest BCUT2D eigenvalue weighted by Crippen LogP contribution is -1.92. The van der Waals surface area contributed by atoms with E-state index in [1.54, 1.807) is 12.1 Å². The van der Waals surface area contributed by atoms with Crippen LogP contribution < -0.4 is 0 Å². The van der Waals surface area contributed by atoms with Crippen molar-refractivity contribution in [1.82, 2.24) is 0 Å². The number of halogens is 1. The van der Waals surface area contributed by atoms with E-state index in [4.69, 9.17) is 10.7 Å². The van der Waals surface area contributed by atoms with E-state index in [-0.39, 0.29) is 4.90 Å². The van der Waals surface area contributed by atoms with Gasteiger partial charge < -0.3 is 0 Å². The van der Waals surface area contributed by atoms with Crippen LogP contribution in [0.25, 0.3) is 0 Å². The lowest BCUT2D eigenvalue weighted by Gasteiger charge is -2.00. The van der Waals surface area contributed by atoms with Gasteiger partial charge in [-0.25, -0.2) is 8.42 Å². The van der Waals surface area contributed by atoms with Crippen molar-refractivity contribution >= 4 is 19.7 Å². The molecule has 4 heteroatoms. The zero-order valence-corrected chi connectivity index (χ0v) is 8.41. The lowest BCUT2D eigenvalue weighted by atomic mass is 10.1. The van der Waals surface area contributed by atoms with Gasteiger partial charge in [0.05, 0.1) is 4.90 Å². The second-order valence-electron chi connectivity index (χ2n) is 2.68. The van der Waals surface area contributed by atoms with E-state index in [1.165, 1.54) is 6.07 Å². The smallest absolute Gasteiger partial charge is 0.207 e. The van der Waals surface area contributed by atoms with Gasteiger partial charge in [0.1, 0.15) is 0 Å². The molecule has 0 radical (unpaired) electrons. The molecular formula is C8H9ClO2S. The highest BCUT2D eigenvalue weighted by Crippen LogP contribution is 2.17. The Balaban J connectivity index is 3.33. The minimum absolute atomic E-state index is 0.160. The van der Waals surface area contributed by atoms with Gasteiger partial charge in [-0.2, -0.15) is 0 Å². The number of rotatable bonds is 1. The molecule has 0 aliphatic carbocycles. The van der Waals surface area contributed by atoms with Crippen molar-refractivity contribution in [2.75, 3.05) is 0 Å². The van der Waals surface area contributed by atoms with Crippen molar-refractivity contribution in [2.24, 2.45) is 0 Å². The van der Waals surface area contributed by atoms with Crippen LogP contribution in [0.5, 0.6) is 0 Å². The molecule has 0 saturated carbocycles. The van der Waals surface area contributed by atoms with Crippen LogP contribution in [0.2, 0.25) is 0 Å². The molecule has 0 aliphatic heterocycles. The Morgan fingerprint density at radius 1 is 1.17 bits per heavy atom. The average molecular weight is 205 g/mol. The van der Waals surface area contributed by atoms with Gasteiger partial charge in [0, 0.05) is 10.7 Å². The normalized spacial score (nSPS) is 11.6. The highest BCUT2D eigenvalue weighted by Gasteiger charge is 2.09. The largest absolute Gasteiger partial charge is 0.261 e. The number of aryl methyl sites for hydroxylation is 2. The van der Waals surface area contributed by atoms with Crippen molar-refractivity contribution in [3.05, 3.63) is 29.3 Å². The van der Waals surface area contributed by atoms with Crippen molar-refractivity contribution < 1.29 is 8.42 Å². The zero-order chi connectivity index (χ0) is 9.35. The second kappa shape index (κ2) is 3.07. The minimum Gasteiger partial charge on any atom is -0.207 e. The van der Waals surface area contributed by atoms with Crippen LogP contribution in [0.1, 0.15) is 11.1 Å². The first-order valence-corrected chi connectivity index (χ1v) is 5.74. The summed E-state index contributed by atoms with van der Waals surface area (Å²) in [7, 11) is 1.59. The Bertz CT molecular complexity index is 396. The molecule has 1 rings (SSSR count). The van der Waals surface area contributed by atoms with E-state index in [1.807, 2.05) is 13.8 Å². The Kier molecular flexibility index (Phi) is 2.44. The summed E-state index contributed by atoms with van der Waals surface area (Å²) in [6.07, 6.45) is 0. The molecule has 12 heavy (non-hydrogen) atoms. The fourth-order valence-electron chi connectivity index (χ4n) is 0.866. The van der Waals surface area contributed by atoms with Crippen molar-refractivity contribution in [3.63, 3.8) is 0 Å². The third kappa shape index (κ3) is 1.99. The van der Waals surface area contributed by atoms with Crippen LogP contribution >= 0.6 is 10.7 Å². The van der Waals surface area contributed by atoms with Crippen LogP contribution in [-0.4, -0.2) is 8.42 Å². The van der Waals surface area contributed by atoms with Crippen molar-refractivity contribution in [2.45, 2.75) is 18.7 Å². The molecule has 0 spiro atoms. The molecule has 0 unspecified atom stereocenters. The third-order valence-electron chi connectivity index (χ3n) is 1.76. The van der Waals surface area contributed by atoms with Gasteiger partial charge in [0.15, 0.2) is 0 Å². The maximum Gasteiger partial charge on any atom is 0.261 e. The summed E-state index contributed by atoms with van der Waals surface area (Å²) in [5.74, 6) is 0. The Morgan fingerprint density at radius 3 is 2.17 bits per heavy atom. The highest BCUT2D eigenvalue weighted by molar-refractivity contribution is 8.13. The molecule has 0 bridgehead atoms. The van der Waals surface area contributed by atoms with Gasteiger partial charge in [-0.05, 0) is 37.1 Å². The molecule has 2 nitrogen and oxygen atoms in total. The maximum atomic E-state index is 10.9. The van der Waals surface area contributed by atoms with E-state index >= 15 is 0 Å². The van der Waals surface area contributed by atoms with Gasteiger partial charge in [-0.15, -0.1) is 0 Å². The molecule has 0 atom stereocenters. The summed E-state index contributed by atoms with van der Waals surface area (Å²) < 4.78 is 21.7. The first-order chi connectivity index (χ1) is 5.41. The second-order valence-corrected chi connectivity index (χ2v) is 5.25. The van der Waals surface area contributed by atoms with E-state index in [0.717, 1.165) is 11.1 Å². The average Bonchev–Trinajstić information content (AvgIpc) is 1.92. The molecule has 0 saturated heterocycles. The number of hydrogen-bond donors (Lipinski definition) is 0. The summed E-state index contributed by atoms with van der Waals surface area (Å²) in [6.45, 7) is 3.76. The Hall–Kier alpha value is -0.540. The molecule has 0 heterocycles. The predicted molar refractivity (Wildman–Crippen MR) is 49.0 cm³/mol. The first-order valence-electron chi connectivity index (χ1n) is 3.43.